The first-order chi connectivity index (χ1) is 8.08. The van der Waals surface area contributed by atoms with Crippen LogP contribution in [0.3, 0.4) is 0 Å². The fraction of sp³-hybridized carbons (Fsp3) is 0.538. The highest BCUT2D eigenvalue weighted by Gasteiger charge is 2.04. The molecule has 94 valence electrons. The molecule has 1 aromatic rings. The normalized spacial score (nSPS) is 10.5. The van der Waals surface area contributed by atoms with Gasteiger partial charge in [-0.05, 0) is 11.7 Å². The molecular formula is C13H20N2O2. The molecule has 1 rings (SSSR count). The number of hydrogen-bond acceptors (Lipinski definition) is 2. The molecule has 0 aliphatic rings. The van der Waals surface area contributed by atoms with Gasteiger partial charge in [0.15, 0.2) is 12.4 Å². The van der Waals surface area contributed by atoms with E-state index >= 15 is 0 Å². The van der Waals surface area contributed by atoms with Gasteiger partial charge in [0.2, 0.25) is 5.91 Å². The van der Waals surface area contributed by atoms with Crippen LogP contribution in [-0.4, -0.2) is 12.5 Å². The largest absolute Gasteiger partial charge is 0.868 e. The van der Waals surface area contributed by atoms with Crippen LogP contribution in [0.25, 0.3) is 0 Å². The highest BCUT2D eigenvalue weighted by atomic mass is 16.3. The Kier molecular flexibility index (Phi) is 5.46. The number of pyridine rings is 1. The van der Waals surface area contributed by atoms with Gasteiger partial charge < -0.3 is 10.4 Å². The molecule has 0 atom stereocenters. The molecule has 1 aromatic heterocycles. The van der Waals surface area contributed by atoms with Crippen LogP contribution >= 0.6 is 0 Å². The maximum atomic E-state index is 11.4. The zero-order chi connectivity index (χ0) is 12.7. The first-order valence-electron chi connectivity index (χ1n) is 6.00. The maximum Gasteiger partial charge on any atom is 0.220 e. The molecule has 17 heavy (non-hydrogen) atoms. The average Bonchev–Trinajstić information content (AvgIpc) is 2.23. The number of nitrogens with zero attached hydrogens (tertiary/aromatic N) is 1. The predicted octanol–water partition coefficient (Wildman–Crippen LogP) is 0.600. The van der Waals surface area contributed by atoms with E-state index in [4.69, 9.17) is 0 Å². The van der Waals surface area contributed by atoms with E-state index in [9.17, 15) is 9.90 Å². The molecule has 0 bridgehead atoms. The number of hydrogen-bond donors (Lipinski definition) is 1. The van der Waals surface area contributed by atoms with Gasteiger partial charge in [-0.3, -0.25) is 4.79 Å². The van der Waals surface area contributed by atoms with E-state index in [0.29, 0.717) is 18.9 Å². The zero-order valence-electron chi connectivity index (χ0n) is 10.5. The first-order valence-corrected chi connectivity index (χ1v) is 6.00. The minimum atomic E-state index is 0.0105. The standard InChI is InChI=1S/C13H20N2O2/c1-11(2)9-13(17)14-6-4-8-15-7-3-5-12(16)10-15/h3,5,7,10-11H,4,6,8-9H2,1-2H3,(H-,14,16,17). The van der Waals surface area contributed by atoms with Crippen molar-refractivity contribution in [3.05, 3.63) is 24.5 Å². The number of amides is 1. The third-order valence-corrected chi connectivity index (χ3v) is 2.34. The molecule has 0 saturated heterocycles. The Hall–Kier alpha value is -1.58. The van der Waals surface area contributed by atoms with Crippen molar-refractivity contribution in [2.24, 2.45) is 5.92 Å². The number of aromatic nitrogens is 1. The van der Waals surface area contributed by atoms with Crippen LogP contribution < -0.4 is 15.0 Å². The van der Waals surface area contributed by atoms with Gasteiger partial charge in [0.05, 0.1) is 0 Å². The van der Waals surface area contributed by atoms with Crippen molar-refractivity contribution >= 4 is 5.91 Å². The molecule has 0 aromatic carbocycles. The predicted molar refractivity (Wildman–Crippen MR) is 63.2 cm³/mol. The molecule has 0 fully saturated rings. The number of carbonyl (C=O) groups is 1. The monoisotopic (exact) mass is 236 g/mol. The summed E-state index contributed by atoms with van der Waals surface area (Å²) >= 11 is 0. The van der Waals surface area contributed by atoms with Crippen LogP contribution in [0.4, 0.5) is 0 Å². The smallest absolute Gasteiger partial charge is 0.220 e. The van der Waals surface area contributed by atoms with Gasteiger partial charge in [0, 0.05) is 25.5 Å². The summed E-state index contributed by atoms with van der Waals surface area (Å²) in [5, 5.41) is 13.9. The topological polar surface area (TPSA) is 56.0 Å². The van der Waals surface area contributed by atoms with E-state index in [1.807, 2.05) is 24.6 Å². The number of aryl methyl sites for hydroxylation is 1. The van der Waals surface area contributed by atoms with E-state index in [-0.39, 0.29) is 11.7 Å². The van der Waals surface area contributed by atoms with Gasteiger partial charge in [-0.1, -0.05) is 19.9 Å². The second kappa shape index (κ2) is 6.89. The van der Waals surface area contributed by atoms with Crippen molar-refractivity contribution in [2.75, 3.05) is 6.54 Å². The Labute approximate surface area is 102 Å². The third kappa shape index (κ3) is 5.90. The van der Waals surface area contributed by atoms with Gasteiger partial charge in [0.1, 0.15) is 6.54 Å². The van der Waals surface area contributed by atoms with Gasteiger partial charge >= 0.3 is 0 Å². The molecule has 0 aliphatic heterocycles. The summed E-state index contributed by atoms with van der Waals surface area (Å²) in [6.45, 7) is 5.45. The molecule has 4 heteroatoms. The Morgan fingerprint density at radius 1 is 1.53 bits per heavy atom. The summed E-state index contributed by atoms with van der Waals surface area (Å²) in [6, 6.07) is 3.26. The fourth-order valence-electron chi connectivity index (χ4n) is 1.57. The van der Waals surface area contributed by atoms with E-state index in [2.05, 4.69) is 5.32 Å². The Bertz CT molecular complexity index is 364. The molecule has 1 amide bonds. The number of carbonyl (C=O) groups excluding carboxylic acids is 1. The van der Waals surface area contributed by atoms with Crippen LogP contribution in [0.5, 0.6) is 5.75 Å². The van der Waals surface area contributed by atoms with Crippen LogP contribution in [0.1, 0.15) is 26.7 Å². The lowest BCUT2D eigenvalue weighted by Crippen LogP contribution is -2.35. The van der Waals surface area contributed by atoms with Gasteiger partial charge in [-0.15, -0.1) is 0 Å². The van der Waals surface area contributed by atoms with Gasteiger partial charge in [-0.25, -0.2) is 4.57 Å². The van der Waals surface area contributed by atoms with E-state index < -0.39 is 0 Å². The summed E-state index contributed by atoms with van der Waals surface area (Å²) in [5.74, 6) is 0.500. The highest BCUT2D eigenvalue weighted by Crippen LogP contribution is 1.98. The summed E-state index contributed by atoms with van der Waals surface area (Å²) in [7, 11) is 0. The van der Waals surface area contributed by atoms with Crippen molar-refractivity contribution in [2.45, 2.75) is 33.2 Å². The summed E-state index contributed by atoms with van der Waals surface area (Å²) in [6.07, 6.45) is 4.83. The Balaban J connectivity index is 2.18. The maximum absolute atomic E-state index is 11.4. The van der Waals surface area contributed by atoms with E-state index in [1.54, 1.807) is 12.3 Å². The van der Waals surface area contributed by atoms with Crippen LogP contribution in [0.15, 0.2) is 24.5 Å². The van der Waals surface area contributed by atoms with Gasteiger partial charge in [-0.2, -0.15) is 0 Å². The van der Waals surface area contributed by atoms with Crippen LogP contribution in [0.2, 0.25) is 0 Å². The number of rotatable bonds is 6. The first kappa shape index (κ1) is 13.5. The molecular weight excluding hydrogens is 216 g/mol. The molecule has 1 N–H and O–H groups in total. The quantitative estimate of drug-likeness (QED) is 0.581. The fourth-order valence-corrected chi connectivity index (χ4v) is 1.57. The van der Waals surface area contributed by atoms with Crippen LogP contribution in [0, 0.1) is 5.92 Å². The molecule has 0 radical (unpaired) electrons. The highest BCUT2D eigenvalue weighted by molar-refractivity contribution is 5.75. The lowest BCUT2D eigenvalue weighted by Gasteiger charge is -2.06. The molecule has 1 heterocycles. The minimum absolute atomic E-state index is 0.0105. The van der Waals surface area contributed by atoms with Crippen molar-refractivity contribution in [3.63, 3.8) is 0 Å². The van der Waals surface area contributed by atoms with Crippen LogP contribution in [-0.2, 0) is 11.3 Å². The lowest BCUT2D eigenvalue weighted by atomic mass is 10.1. The molecule has 4 nitrogen and oxygen atoms in total. The SMILES string of the molecule is CC(C)CC(=O)NCCC[n+]1cccc([O-])c1. The summed E-state index contributed by atoms with van der Waals surface area (Å²) in [4.78, 5) is 11.4. The summed E-state index contributed by atoms with van der Waals surface area (Å²) in [5.41, 5.74) is 0. The van der Waals surface area contributed by atoms with Gasteiger partial charge in [0.25, 0.3) is 0 Å². The Morgan fingerprint density at radius 2 is 2.29 bits per heavy atom. The average molecular weight is 236 g/mol. The third-order valence-electron chi connectivity index (χ3n) is 2.34. The van der Waals surface area contributed by atoms with E-state index in [0.717, 1.165) is 13.0 Å². The summed E-state index contributed by atoms with van der Waals surface area (Å²) < 4.78 is 1.84. The second-order valence-corrected chi connectivity index (χ2v) is 4.58. The van der Waals surface area contributed by atoms with Crippen molar-refractivity contribution in [1.82, 2.24) is 5.32 Å². The minimum Gasteiger partial charge on any atom is -0.868 e. The second-order valence-electron chi connectivity index (χ2n) is 4.58. The number of nitrogens with one attached hydrogen (secondary N) is 1. The van der Waals surface area contributed by atoms with E-state index in [1.165, 1.54) is 6.07 Å². The Morgan fingerprint density at radius 3 is 2.94 bits per heavy atom. The van der Waals surface area contributed by atoms with Crippen molar-refractivity contribution < 1.29 is 14.5 Å². The molecule has 0 spiro atoms. The van der Waals surface area contributed by atoms with Crippen molar-refractivity contribution in [3.8, 4) is 5.75 Å². The zero-order valence-corrected chi connectivity index (χ0v) is 10.5. The molecule has 0 unspecified atom stereocenters. The van der Waals surface area contributed by atoms with Crippen molar-refractivity contribution in [1.29, 1.82) is 0 Å². The lowest BCUT2D eigenvalue weighted by molar-refractivity contribution is -0.699. The molecule has 0 saturated carbocycles. The molecule has 0 aliphatic carbocycles.